The maximum Gasteiger partial charge on any atom is 0.197 e. The van der Waals surface area contributed by atoms with E-state index in [1.165, 1.54) is 0 Å². The van der Waals surface area contributed by atoms with Crippen LogP contribution in [0.2, 0.25) is 5.02 Å². The summed E-state index contributed by atoms with van der Waals surface area (Å²) < 4.78 is 22.3. The summed E-state index contributed by atoms with van der Waals surface area (Å²) in [4.78, 5) is 1.10. The minimum absolute atomic E-state index is 0.353. The van der Waals surface area contributed by atoms with Crippen molar-refractivity contribution in [1.82, 2.24) is 0 Å². The summed E-state index contributed by atoms with van der Waals surface area (Å²) in [5, 5.41) is 0.688. The van der Waals surface area contributed by atoms with Crippen LogP contribution in [0.5, 0.6) is 17.2 Å². The minimum Gasteiger partial charge on any atom is -0.491 e. The Morgan fingerprint density at radius 1 is 1.13 bits per heavy atom. The molecule has 0 fully saturated rings. The van der Waals surface area contributed by atoms with E-state index in [2.05, 4.69) is 0 Å². The molecule has 0 N–H and O–H groups in total. The van der Waals surface area contributed by atoms with E-state index < -0.39 is 0 Å². The van der Waals surface area contributed by atoms with Gasteiger partial charge in [-0.1, -0.05) is 23.4 Å². The van der Waals surface area contributed by atoms with Crippen molar-refractivity contribution >= 4 is 23.4 Å². The molecule has 23 heavy (non-hydrogen) atoms. The quantitative estimate of drug-likeness (QED) is 0.537. The molecule has 122 valence electrons. The SMILES string of the molecule is CC(OCCOc1ccc(Cl)cc1)Oc1ccc2c(c1)SCO2. The fraction of sp³-hybridized carbons (Fsp3) is 0.294. The van der Waals surface area contributed by atoms with Gasteiger partial charge in [-0.25, -0.2) is 0 Å². The van der Waals surface area contributed by atoms with Crippen molar-refractivity contribution in [1.29, 1.82) is 0 Å². The van der Waals surface area contributed by atoms with E-state index in [0.29, 0.717) is 24.2 Å². The van der Waals surface area contributed by atoms with Gasteiger partial charge in [0.05, 0.1) is 11.5 Å². The van der Waals surface area contributed by atoms with Crippen molar-refractivity contribution in [3.63, 3.8) is 0 Å². The Labute approximate surface area is 144 Å². The first-order valence-electron chi connectivity index (χ1n) is 7.27. The molecular weight excluding hydrogens is 336 g/mol. The van der Waals surface area contributed by atoms with Gasteiger partial charge >= 0.3 is 0 Å². The zero-order chi connectivity index (χ0) is 16.1. The zero-order valence-electron chi connectivity index (χ0n) is 12.7. The van der Waals surface area contributed by atoms with Crippen molar-refractivity contribution in [2.45, 2.75) is 18.1 Å². The molecule has 1 aliphatic heterocycles. The summed E-state index contributed by atoms with van der Waals surface area (Å²) in [5.74, 6) is 3.11. The van der Waals surface area contributed by atoms with E-state index in [-0.39, 0.29) is 6.29 Å². The van der Waals surface area contributed by atoms with Crippen LogP contribution in [-0.4, -0.2) is 25.4 Å². The van der Waals surface area contributed by atoms with Gasteiger partial charge in [0.15, 0.2) is 6.29 Å². The second-order valence-corrected chi connectivity index (χ2v) is 6.27. The van der Waals surface area contributed by atoms with Gasteiger partial charge in [-0.2, -0.15) is 0 Å². The van der Waals surface area contributed by atoms with E-state index in [0.717, 1.165) is 22.1 Å². The summed E-state index contributed by atoms with van der Waals surface area (Å²) in [5.41, 5.74) is 0. The average molecular weight is 353 g/mol. The Bertz CT molecular complexity index is 648. The maximum absolute atomic E-state index is 5.82. The third kappa shape index (κ3) is 4.70. The lowest BCUT2D eigenvalue weighted by Crippen LogP contribution is -2.19. The van der Waals surface area contributed by atoms with Crippen molar-refractivity contribution in [3.05, 3.63) is 47.5 Å². The molecule has 0 radical (unpaired) electrons. The van der Waals surface area contributed by atoms with E-state index >= 15 is 0 Å². The van der Waals surface area contributed by atoms with Gasteiger partial charge < -0.3 is 18.9 Å². The Hall–Kier alpha value is -1.56. The highest BCUT2D eigenvalue weighted by atomic mass is 35.5. The number of ether oxygens (including phenoxy) is 4. The molecule has 0 saturated carbocycles. The second kappa shape index (κ2) is 7.81. The Balaban J connectivity index is 1.39. The van der Waals surface area contributed by atoms with Crippen molar-refractivity contribution in [2.24, 2.45) is 0 Å². The molecular formula is C17H17ClO4S. The summed E-state index contributed by atoms with van der Waals surface area (Å²) in [6.07, 6.45) is -0.353. The van der Waals surface area contributed by atoms with Crippen molar-refractivity contribution in [2.75, 3.05) is 19.2 Å². The monoisotopic (exact) mass is 352 g/mol. The minimum atomic E-state index is -0.353. The number of benzene rings is 2. The van der Waals surface area contributed by atoms with E-state index in [1.807, 2.05) is 37.3 Å². The number of halogens is 1. The molecule has 0 bridgehead atoms. The van der Waals surface area contributed by atoms with Crippen LogP contribution in [0.15, 0.2) is 47.4 Å². The molecule has 0 saturated heterocycles. The van der Waals surface area contributed by atoms with Crippen LogP contribution in [0.25, 0.3) is 0 Å². The molecule has 6 heteroatoms. The molecule has 1 aliphatic rings. The zero-order valence-corrected chi connectivity index (χ0v) is 14.2. The van der Waals surface area contributed by atoms with Gasteiger partial charge in [0.2, 0.25) is 0 Å². The van der Waals surface area contributed by atoms with E-state index in [9.17, 15) is 0 Å². The first-order valence-corrected chi connectivity index (χ1v) is 8.63. The van der Waals surface area contributed by atoms with Crippen LogP contribution >= 0.6 is 23.4 Å². The van der Waals surface area contributed by atoms with Gasteiger partial charge in [-0.15, -0.1) is 0 Å². The predicted molar refractivity (Wildman–Crippen MR) is 90.8 cm³/mol. The van der Waals surface area contributed by atoms with Crippen LogP contribution in [0.3, 0.4) is 0 Å². The highest BCUT2D eigenvalue weighted by Crippen LogP contribution is 2.38. The standard InChI is InChI=1S/C17H17ClO4S/c1-12(19-8-9-20-14-4-2-13(18)3-5-14)22-15-6-7-16-17(10-15)23-11-21-16/h2-7,10,12H,8-9,11H2,1H3. The first kappa shape index (κ1) is 16.3. The van der Waals surface area contributed by atoms with Crippen LogP contribution in [0.1, 0.15) is 6.92 Å². The van der Waals surface area contributed by atoms with Gasteiger partial charge in [0, 0.05) is 5.02 Å². The molecule has 4 nitrogen and oxygen atoms in total. The Morgan fingerprint density at radius 3 is 2.74 bits per heavy atom. The molecule has 0 aliphatic carbocycles. The summed E-state index contributed by atoms with van der Waals surface area (Å²) in [6, 6.07) is 13.0. The lowest BCUT2D eigenvalue weighted by Gasteiger charge is -2.16. The molecule has 0 spiro atoms. The van der Waals surface area contributed by atoms with Crippen LogP contribution < -0.4 is 14.2 Å². The molecule has 2 aromatic rings. The number of hydrogen-bond donors (Lipinski definition) is 0. The summed E-state index contributed by atoms with van der Waals surface area (Å²) >= 11 is 7.48. The third-order valence-corrected chi connectivity index (χ3v) is 4.28. The molecule has 0 aromatic heterocycles. The lowest BCUT2D eigenvalue weighted by atomic mass is 10.3. The van der Waals surface area contributed by atoms with Gasteiger partial charge in [0.25, 0.3) is 0 Å². The van der Waals surface area contributed by atoms with Crippen molar-refractivity contribution in [3.8, 4) is 17.2 Å². The fourth-order valence-electron chi connectivity index (χ4n) is 2.08. The molecule has 0 amide bonds. The van der Waals surface area contributed by atoms with E-state index in [4.69, 9.17) is 30.5 Å². The molecule has 1 heterocycles. The van der Waals surface area contributed by atoms with Crippen LogP contribution in [0, 0.1) is 0 Å². The highest BCUT2D eigenvalue weighted by Gasteiger charge is 2.14. The van der Waals surface area contributed by atoms with Crippen LogP contribution in [0.4, 0.5) is 0 Å². The number of hydrogen-bond acceptors (Lipinski definition) is 5. The third-order valence-electron chi connectivity index (χ3n) is 3.16. The molecule has 1 atom stereocenters. The van der Waals surface area contributed by atoms with Crippen LogP contribution in [-0.2, 0) is 4.74 Å². The molecule has 1 unspecified atom stereocenters. The molecule has 3 rings (SSSR count). The maximum atomic E-state index is 5.82. The van der Waals surface area contributed by atoms with Gasteiger partial charge in [-0.05, 0) is 49.4 Å². The van der Waals surface area contributed by atoms with Crippen molar-refractivity contribution < 1.29 is 18.9 Å². The smallest absolute Gasteiger partial charge is 0.197 e. The van der Waals surface area contributed by atoms with Gasteiger partial charge in [0.1, 0.15) is 29.8 Å². The summed E-state index contributed by atoms with van der Waals surface area (Å²) in [7, 11) is 0. The average Bonchev–Trinajstić information content (AvgIpc) is 3.01. The normalized spacial score (nSPS) is 14.0. The number of rotatable bonds is 7. The first-order chi connectivity index (χ1) is 11.2. The topological polar surface area (TPSA) is 36.9 Å². The van der Waals surface area contributed by atoms with Gasteiger partial charge in [-0.3, -0.25) is 0 Å². The largest absolute Gasteiger partial charge is 0.491 e. The lowest BCUT2D eigenvalue weighted by molar-refractivity contribution is -0.0740. The van der Waals surface area contributed by atoms with E-state index in [1.54, 1.807) is 23.9 Å². The number of fused-ring (bicyclic) bond motifs is 1. The predicted octanol–water partition coefficient (Wildman–Crippen LogP) is 4.60. The highest BCUT2D eigenvalue weighted by molar-refractivity contribution is 7.99. The summed E-state index contributed by atoms with van der Waals surface area (Å²) in [6.45, 7) is 2.75. The Kier molecular flexibility index (Phi) is 5.54. The number of thioether (sulfide) groups is 1. The fourth-order valence-corrected chi connectivity index (χ4v) is 2.99. The molecule has 2 aromatic carbocycles. The Morgan fingerprint density at radius 2 is 1.91 bits per heavy atom. The second-order valence-electron chi connectivity index (χ2n) is 4.87.